The fourth-order valence-corrected chi connectivity index (χ4v) is 4.26. The molecule has 136 valence electrons. The van der Waals surface area contributed by atoms with Crippen LogP contribution >= 0.6 is 11.6 Å². The van der Waals surface area contributed by atoms with E-state index >= 15 is 0 Å². The van der Waals surface area contributed by atoms with Crippen molar-refractivity contribution in [3.8, 4) is 11.4 Å². The van der Waals surface area contributed by atoms with E-state index in [0.29, 0.717) is 17.1 Å². The van der Waals surface area contributed by atoms with Gasteiger partial charge in [0.05, 0.1) is 16.4 Å². The summed E-state index contributed by atoms with van der Waals surface area (Å²) in [7, 11) is 0. The fraction of sp³-hybridized carbons (Fsp3) is 0.400. The molecule has 2 bridgehead atoms. The number of piperazine rings is 1. The van der Waals surface area contributed by atoms with Crippen molar-refractivity contribution in [2.75, 3.05) is 13.1 Å². The van der Waals surface area contributed by atoms with Crippen molar-refractivity contribution in [2.45, 2.75) is 38.9 Å². The monoisotopic (exact) mass is 369 g/mol. The van der Waals surface area contributed by atoms with E-state index in [1.54, 1.807) is 6.20 Å². The van der Waals surface area contributed by atoms with Crippen molar-refractivity contribution in [1.82, 2.24) is 24.6 Å². The third-order valence-electron chi connectivity index (χ3n) is 5.26. The molecule has 2 unspecified atom stereocenters. The van der Waals surface area contributed by atoms with Crippen molar-refractivity contribution in [3.63, 3.8) is 0 Å². The van der Waals surface area contributed by atoms with Crippen LogP contribution < -0.4 is 5.32 Å². The van der Waals surface area contributed by atoms with E-state index < -0.39 is 0 Å². The number of rotatable bonds is 3. The summed E-state index contributed by atoms with van der Waals surface area (Å²) in [5.74, 6) is 0. The number of nitrogens with one attached hydrogen (secondary N) is 1. The average molecular weight is 370 g/mol. The Bertz CT molecular complexity index is 892. The third kappa shape index (κ3) is 3.11. The summed E-state index contributed by atoms with van der Waals surface area (Å²) in [4.78, 5) is 11.9. The topological polar surface area (TPSA) is 45.5 Å². The van der Waals surface area contributed by atoms with Gasteiger partial charge in [-0.25, -0.2) is 4.98 Å². The van der Waals surface area contributed by atoms with E-state index in [2.05, 4.69) is 31.9 Å². The maximum Gasteiger partial charge on any atom is 0.137 e. The van der Waals surface area contributed by atoms with Gasteiger partial charge in [-0.2, -0.15) is 0 Å². The van der Waals surface area contributed by atoms with Crippen LogP contribution in [0, 0.1) is 0 Å². The fourth-order valence-electron chi connectivity index (χ4n) is 4.15. The van der Waals surface area contributed by atoms with Gasteiger partial charge in [0.1, 0.15) is 11.3 Å². The van der Waals surface area contributed by atoms with Crippen molar-refractivity contribution in [1.29, 1.82) is 0 Å². The van der Waals surface area contributed by atoms with E-state index in [-0.39, 0.29) is 7.43 Å². The summed E-state index contributed by atoms with van der Waals surface area (Å²) in [6.45, 7) is 3.09. The largest absolute Gasteiger partial charge is 0.309 e. The Morgan fingerprint density at radius 2 is 1.92 bits per heavy atom. The SMILES string of the molecule is C.Clc1ccc(-c2nc3ccccn3c2CN2CC3CCC(C2)N3)nc1. The molecule has 5 nitrogen and oxygen atoms in total. The molecule has 0 amide bonds. The summed E-state index contributed by atoms with van der Waals surface area (Å²) in [6.07, 6.45) is 6.36. The standard InChI is InChI=1S/C19H20ClN5.CH4/c20-13-4-7-16(21-9-13)19-17(25-8-2-1-3-18(25)23-19)12-24-10-14-5-6-15(11-24)22-14;/h1-4,7-9,14-15,22H,5-6,10-12H2;1H4. The summed E-state index contributed by atoms with van der Waals surface area (Å²) in [5, 5.41) is 4.34. The quantitative estimate of drug-likeness (QED) is 0.765. The van der Waals surface area contributed by atoms with Crippen molar-refractivity contribution < 1.29 is 0 Å². The van der Waals surface area contributed by atoms with Crippen molar-refractivity contribution in [2.24, 2.45) is 0 Å². The zero-order chi connectivity index (χ0) is 16.8. The predicted octanol–water partition coefficient (Wildman–Crippen LogP) is 3.62. The Balaban J connectivity index is 0.00000168. The molecule has 0 saturated carbocycles. The van der Waals surface area contributed by atoms with E-state index in [1.165, 1.54) is 18.5 Å². The summed E-state index contributed by atoms with van der Waals surface area (Å²) in [6, 6.07) is 11.2. The molecular formula is C20H24ClN5. The Hall–Kier alpha value is -1.95. The number of imidazole rings is 1. The molecule has 2 aliphatic rings. The third-order valence-corrected chi connectivity index (χ3v) is 5.49. The van der Waals surface area contributed by atoms with Crippen LogP contribution in [-0.4, -0.2) is 44.4 Å². The Labute approximate surface area is 159 Å². The number of halogens is 1. The minimum atomic E-state index is 0. The number of fused-ring (bicyclic) bond motifs is 3. The normalized spacial score (nSPS) is 22.5. The molecule has 26 heavy (non-hydrogen) atoms. The first-order valence-corrected chi connectivity index (χ1v) is 9.20. The highest BCUT2D eigenvalue weighted by molar-refractivity contribution is 6.30. The first-order chi connectivity index (χ1) is 12.3. The minimum Gasteiger partial charge on any atom is -0.309 e. The number of likely N-dealkylation sites (tertiary alicyclic amines) is 1. The van der Waals surface area contributed by atoms with Gasteiger partial charge in [0.15, 0.2) is 0 Å². The number of nitrogens with zero attached hydrogens (tertiary/aromatic N) is 4. The number of aromatic nitrogens is 3. The van der Waals surface area contributed by atoms with E-state index in [0.717, 1.165) is 36.7 Å². The Morgan fingerprint density at radius 3 is 2.65 bits per heavy atom. The molecule has 2 fully saturated rings. The Morgan fingerprint density at radius 1 is 1.12 bits per heavy atom. The summed E-state index contributed by atoms with van der Waals surface area (Å²) in [5.41, 5.74) is 3.99. The highest BCUT2D eigenvalue weighted by atomic mass is 35.5. The van der Waals surface area contributed by atoms with Crippen LogP contribution in [0.3, 0.4) is 0 Å². The highest BCUT2D eigenvalue weighted by Crippen LogP contribution is 2.27. The summed E-state index contributed by atoms with van der Waals surface area (Å²) < 4.78 is 2.19. The smallest absolute Gasteiger partial charge is 0.137 e. The molecule has 5 rings (SSSR count). The second kappa shape index (κ2) is 6.99. The molecule has 0 radical (unpaired) electrons. The van der Waals surface area contributed by atoms with Crippen LogP contribution in [0.5, 0.6) is 0 Å². The van der Waals surface area contributed by atoms with Gasteiger partial charge < -0.3 is 9.72 Å². The molecule has 2 aliphatic heterocycles. The first kappa shape index (κ1) is 17.5. The zero-order valence-electron chi connectivity index (χ0n) is 13.9. The van der Waals surface area contributed by atoms with Crippen LogP contribution in [0.15, 0.2) is 42.7 Å². The highest BCUT2D eigenvalue weighted by Gasteiger charge is 2.32. The van der Waals surface area contributed by atoms with Crippen LogP contribution in [0.2, 0.25) is 5.02 Å². The lowest BCUT2D eigenvalue weighted by Gasteiger charge is -2.32. The van der Waals surface area contributed by atoms with Crippen LogP contribution in [0.4, 0.5) is 0 Å². The van der Waals surface area contributed by atoms with Gasteiger partial charge in [-0.05, 0) is 37.1 Å². The van der Waals surface area contributed by atoms with Gasteiger partial charge in [-0.3, -0.25) is 9.88 Å². The molecule has 5 heterocycles. The average Bonchev–Trinajstić information content (AvgIpc) is 3.16. The molecule has 6 heteroatoms. The van der Waals surface area contributed by atoms with Gasteiger partial charge >= 0.3 is 0 Å². The van der Waals surface area contributed by atoms with Gasteiger partial charge in [0.2, 0.25) is 0 Å². The minimum absolute atomic E-state index is 0. The predicted molar refractivity (Wildman–Crippen MR) is 105 cm³/mol. The van der Waals surface area contributed by atoms with Gasteiger partial charge in [0.25, 0.3) is 0 Å². The molecular weight excluding hydrogens is 346 g/mol. The molecule has 0 spiro atoms. The van der Waals surface area contributed by atoms with Gasteiger partial charge in [0, 0.05) is 44.1 Å². The maximum absolute atomic E-state index is 6.01. The molecule has 0 aromatic carbocycles. The molecule has 2 saturated heterocycles. The lowest BCUT2D eigenvalue weighted by Crippen LogP contribution is -2.50. The van der Waals surface area contributed by atoms with Crippen molar-refractivity contribution >= 4 is 17.2 Å². The van der Waals surface area contributed by atoms with Crippen LogP contribution in [0.1, 0.15) is 26.0 Å². The second-order valence-electron chi connectivity index (χ2n) is 7.03. The van der Waals surface area contributed by atoms with Gasteiger partial charge in [-0.15, -0.1) is 0 Å². The van der Waals surface area contributed by atoms with E-state index in [4.69, 9.17) is 16.6 Å². The maximum atomic E-state index is 6.01. The lowest BCUT2D eigenvalue weighted by atomic mass is 10.2. The Kier molecular flexibility index (Phi) is 4.69. The van der Waals surface area contributed by atoms with Crippen molar-refractivity contribution in [3.05, 3.63) is 53.4 Å². The van der Waals surface area contributed by atoms with Crippen LogP contribution in [-0.2, 0) is 6.54 Å². The number of pyridine rings is 2. The van der Waals surface area contributed by atoms with Crippen LogP contribution in [0.25, 0.3) is 17.0 Å². The molecule has 2 atom stereocenters. The molecule has 3 aromatic heterocycles. The number of hydrogen-bond acceptors (Lipinski definition) is 4. The van der Waals surface area contributed by atoms with Gasteiger partial charge in [-0.1, -0.05) is 25.1 Å². The molecule has 0 aliphatic carbocycles. The summed E-state index contributed by atoms with van der Waals surface area (Å²) >= 11 is 6.01. The number of hydrogen-bond donors (Lipinski definition) is 1. The van der Waals surface area contributed by atoms with E-state index in [9.17, 15) is 0 Å². The second-order valence-corrected chi connectivity index (χ2v) is 7.47. The zero-order valence-corrected chi connectivity index (χ0v) is 14.7. The van der Waals surface area contributed by atoms with E-state index in [1.807, 2.05) is 24.3 Å². The molecule has 1 N–H and O–H groups in total. The molecule has 3 aromatic rings. The lowest BCUT2D eigenvalue weighted by molar-refractivity contribution is 0.187. The first-order valence-electron chi connectivity index (χ1n) is 8.82.